The average Bonchev–Trinajstić information content (AvgIpc) is 2.94. The molecule has 0 atom stereocenters. The van der Waals surface area contributed by atoms with Gasteiger partial charge < -0.3 is 10.2 Å². The van der Waals surface area contributed by atoms with Crippen molar-refractivity contribution in [2.75, 3.05) is 38.5 Å². The summed E-state index contributed by atoms with van der Waals surface area (Å²) in [7, 11) is -3.12. The first-order valence-electron chi connectivity index (χ1n) is 9.01. The molecule has 0 unspecified atom stereocenters. The van der Waals surface area contributed by atoms with Crippen LogP contribution in [-0.2, 0) is 10.0 Å². The van der Waals surface area contributed by atoms with Crippen LogP contribution in [0.25, 0.3) is 0 Å². The minimum absolute atomic E-state index is 0.116. The highest BCUT2D eigenvalue weighted by atomic mass is 32.2. The molecule has 0 amide bonds. The fourth-order valence-corrected chi connectivity index (χ4v) is 4.32. The van der Waals surface area contributed by atoms with Gasteiger partial charge >= 0.3 is 0 Å². The van der Waals surface area contributed by atoms with Crippen LogP contribution in [0.5, 0.6) is 0 Å². The first-order chi connectivity index (χ1) is 11.0. The highest BCUT2D eigenvalue weighted by Crippen LogP contribution is 2.43. The van der Waals surface area contributed by atoms with Gasteiger partial charge in [-0.25, -0.2) is 13.1 Å². The third-order valence-electron chi connectivity index (χ3n) is 5.06. The van der Waals surface area contributed by atoms with Crippen LogP contribution in [0.2, 0.25) is 0 Å². The molecule has 0 bridgehead atoms. The van der Waals surface area contributed by atoms with Gasteiger partial charge in [0.05, 0.1) is 12.3 Å². The number of nitrogens with zero attached hydrogens (tertiary/aromatic N) is 2. The predicted molar refractivity (Wildman–Crippen MR) is 95.2 cm³/mol. The van der Waals surface area contributed by atoms with Crippen molar-refractivity contribution in [3.8, 4) is 0 Å². The Hall–Kier alpha value is -0.820. The molecule has 0 radical (unpaired) electrons. The van der Waals surface area contributed by atoms with Crippen LogP contribution < -0.4 is 10.0 Å². The van der Waals surface area contributed by atoms with E-state index in [0.29, 0.717) is 18.5 Å². The molecule has 2 rings (SSSR count). The van der Waals surface area contributed by atoms with Crippen molar-refractivity contribution in [1.82, 2.24) is 14.9 Å². The normalized spacial score (nSPS) is 21.8. The quantitative estimate of drug-likeness (QED) is 0.435. The Balaban J connectivity index is 1.89. The Morgan fingerprint density at radius 2 is 1.91 bits per heavy atom. The first-order valence-corrected chi connectivity index (χ1v) is 10.7. The molecule has 7 heteroatoms. The Bertz CT molecular complexity index is 498. The summed E-state index contributed by atoms with van der Waals surface area (Å²) >= 11 is 0. The maximum absolute atomic E-state index is 11.4. The van der Waals surface area contributed by atoms with Crippen molar-refractivity contribution in [1.29, 1.82) is 0 Å². The predicted octanol–water partition coefficient (Wildman–Crippen LogP) is 1.55. The third kappa shape index (κ3) is 5.35. The van der Waals surface area contributed by atoms with Gasteiger partial charge in [0.25, 0.3) is 0 Å². The van der Waals surface area contributed by atoms with Crippen molar-refractivity contribution in [3.63, 3.8) is 0 Å². The van der Waals surface area contributed by atoms with Gasteiger partial charge in [-0.1, -0.05) is 19.3 Å². The number of rotatable bonds is 6. The number of likely N-dealkylation sites (tertiary alicyclic amines) is 1. The SMILES string of the molecule is CCNC(=NCCNS(=O)(=O)CC)N1CCC2(CCCCC2)C1. The second-order valence-corrected chi connectivity index (χ2v) is 8.86. The van der Waals surface area contributed by atoms with Crippen LogP contribution in [0.1, 0.15) is 52.4 Å². The zero-order chi connectivity index (χ0) is 16.8. The summed E-state index contributed by atoms with van der Waals surface area (Å²) in [5, 5.41) is 3.36. The molecule has 2 fully saturated rings. The highest BCUT2D eigenvalue weighted by molar-refractivity contribution is 7.89. The zero-order valence-corrected chi connectivity index (χ0v) is 15.4. The summed E-state index contributed by atoms with van der Waals surface area (Å²) in [6.07, 6.45) is 8.06. The number of sulfonamides is 1. The first kappa shape index (κ1) is 18.5. The maximum Gasteiger partial charge on any atom is 0.211 e. The van der Waals surface area contributed by atoms with Gasteiger partial charge in [-0.15, -0.1) is 0 Å². The van der Waals surface area contributed by atoms with Gasteiger partial charge in [0.2, 0.25) is 10.0 Å². The van der Waals surface area contributed by atoms with Crippen molar-refractivity contribution in [2.45, 2.75) is 52.4 Å². The Kier molecular flexibility index (Phi) is 6.71. The summed E-state index contributed by atoms with van der Waals surface area (Å²) in [4.78, 5) is 6.98. The zero-order valence-electron chi connectivity index (χ0n) is 14.6. The number of nitrogens with one attached hydrogen (secondary N) is 2. The molecular formula is C16H32N4O2S. The fourth-order valence-electron chi connectivity index (χ4n) is 3.72. The molecule has 1 aliphatic heterocycles. The molecule has 1 aliphatic carbocycles. The fraction of sp³-hybridized carbons (Fsp3) is 0.938. The Morgan fingerprint density at radius 1 is 1.17 bits per heavy atom. The summed E-state index contributed by atoms with van der Waals surface area (Å²) < 4.78 is 25.5. The van der Waals surface area contributed by atoms with Crippen LogP contribution in [0.4, 0.5) is 0 Å². The molecule has 0 aromatic rings. The van der Waals surface area contributed by atoms with Crippen molar-refractivity contribution in [2.24, 2.45) is 10.4 Å². The van der Waals surface area contributed by atoms with E-state index in [9.17, 15) is 8.42 Å². The number of guanidine groups is 1. The van der Waals surface area contributed by atoms with Crippen molar-refractivity contribution >= 4 is 16.0 Å². The van der Waals surface area contributed by atoms with Crippen LogP contribution in [-0.4, -0.2) is 57.8 Å². The largest absolute Gasteiger partial charge is 0.357 e. The van der Waals surface area contributed by atoms with E-state index in [1.165, 1.54) is 38.5 Å². The second-order valence-electron chi connectivity index (χ2n) is 6.77. The molecule has 23 heavy (non-hydrogen) atoms. The molecular weight excluding hydrogens is 312 g/mol. The Labute approximate surface area is 141 Å². The summed E-state index contributed by atoms with van der Waals surface area (Å²) in [6.45, 7) is 7.55. The van der Waals surface area contributed by atoms with E-state index in [4.69, 9.17) is 0 Å². The molecule has 1 saturated carbocycles. The summed E-state index contributed by atoms with van der Waals surface area (Å²) in [6, 6.07) is 0. The van der Waals surface area contributed by atoms with E-state index in [1.807, 2.05) is 0 Å². The van der Waals surface area contributed by atoms with E-state index in [0.717, 1.165) is 25.6 Å². The van der Waals surface area contributed by atoms with Gasteiger partial charge in [0.1, 0.15) is 0 Å². The monoisotopic (exact) mass is 344 g/mol. The summed E-state index contributed by atoms with van der Waals surface area (Å²) in [5.74, 6) is 1.05. The van der Waals surface area contributed by atoms with Crippen LogP contribution in [0.3, 0.4) is 0 Å². The lowest BCUT2D eigenvalue weighted by atomic mass is 9.73. The minimum atomic E-state index is -3.12. The number of hydrogen-bond acceptors (Lipinski definition) is 3. The molecule has 1 saturated heterocycles. The van der Waals surface area contributed by atoms with Crippen LogP contribution in [0, 0.1) is 5.41 Å². The lowest BCUT2D eigenvalue weighted by molar-refractivity contribution is 0.203. The standard InChI is InChI=1S/C16H32N4O2S/c1-3-17-15(18-11-12-19-23(21,22)4-2)20-13-10-16(14-20)8-6-5-7-9-16/h19H,3-14H2,1-2H3,(H,17,18). The van der Waals surface area contributed by atoms with E-state index in [1.54, 1.807) is 6.92 Å². The van der Waals surface area contributed by atoms with Gasteiger partial charge in [0, 0.05) is 26.2 Å². The van der Waals surface area contributed by atoms with E-state index in [2.05, 4.69) is 26.9 Å². The molecule has 0 aromatic heterocycles. The minimum Gasteiger partial charge on any atom is -0.357 e. The van der Waals surface area contributed by atoms with Gasteiger partial charge in [-0.3, -0.25) is 4.99 Å². The van der Waals surface area contributed by atoms with Gasteiger partial charge in [-0.05, 0) is 38.5 Å². The van der Waals surface area contributed by atoms with E-state index in [-0.39, 0.29) is 5.75 Å². The topological polar surface area (TPSA) is 73.8 Å². The molecule has 134 valence electrons. The average molecular weight is 345 g/mol. The lowest BCUT2D eigenvalue weighted by Gasteiger charge is -2.33. The third-order valence-corrected chi connectivity index (χ3v) is 6.47. The van der Waals surface area contributed by atoms with Crippen LogP contribution in [0.15, 0.2) is 4.99 Å². The molecule has 6 nitrogen and oxygen atoms in total. The van der Waals surface area contributed by atoms with Gasteiger partial charge in [-0.2, -0.15) is 0 Å². The molecule has 2 aliphatic rings. The Morgan fingerprint density at radius 3 is 2.57 bits per heavy atom. The second kappa shape index (κ2) is 8.33. The lowest BCUT2D eigenvalue weighted by Crippen LogP contribution is -2.42. The van der Waals surface area contributed by atoms with Crippen molar-refractivity contribution < 1.29 is 8.42 Å². The maximum atomic E-state index is 11.4. The molecule has 0 aromatic carbocycles. The molecule has 1 spiro atoms. The van der Waals surface area contributed by atoms with Crippen LogP contribution >= 0.6 is 0 Å². The summed E-state index contributed by atoms with van der Waals surface area (Å²) in [5.41, 5.74) is 0.498. The molecule has 2 N–H and O–H groups in total. The molecule has 1 heterocycles. The highest BCUT2D eigenvalue weighted by Gasteiger charge is 2.39. The van der Waals surface area contributed by atoms with Crippen molar-refractivity contribution in [3.05, 3.63) is 0 Å². The number of hydrogen-bond donors (Lipinski definition) is 2. The number of aliphatic imine (C=N–C) groups is 1. The van der Waals surface area contributed by atoms with E-state index < -0.39 is 10.0 Å². The smallest absolute Gasteiger partial charge is 0.211 e. The van der Waals surface area contributed by atoms with Gasteiger partial charge in [0.15, 0.2) is 5.96 Å². The van der Waals surface area contributed by atoms with E-state index >= 15 is 0 Å².